The van der Waals surface area contributed by atoms with Crippen molar-refractivity contribution in [2.75, 3.05) is 39.7 Å². The summed E-state index contributed by atoms with van der Waals surface area (Å²) < 4.78 is 37.1. The minimum atomic E-state index is -3.62. The van der Waals surface area contributed by atoms with Crippen LogP contribution in [0.4, 0.5) is 5.69 Å². The molecular formula is C14H24N2O4S. The van der Waals surface area contributed by atoms with Crippen LogP contribution in [0.15, 0.2) is 23.1 Å². The lowest BCUT2D eigenvalue weighted by Crippen LogP contribution is -2.42. The van der Waals surface area contributed by atoms with Gasteiger partial charge in [-0.1, -0.05) is 0 Å². The summed E-state index contributed by atoms with van der Waals surface area (Å²) in [5.74, 6) is 0. The van der Waals surface area contributed by atoms with Crippen molar-refractivity contribution in [2.24, 2.45) is 0 Å². The van der Waals surface area contributed by atoms with E-state index in [2.05, 4.69) is 0 Å². The number of sulfonamides is 1. The smallest absolute Gasteiger partial charge is 0.243 e. The van der Waals surface area contributed by atoms with Crippen molar-refractivity contribution in [1.29, 1.82) is 0 Å². The average Bonchev–Trinajstić information content (AvgIpc) is 2.42. The molecule has 1 unspecified atom stereocenters. The van der Waals surface area contributed by atoms with Crippen molar-refractivity contribution in [3.05, 3.63) is 23.8 Å². The van der Waals surface area contributed by atoms with Gasteiger partial charge in [-0.15, -0.1) is 0 Å². The van der Waals surface area contributed by atoms with Crippen LogP contribution < -0.4 is 5.73 Å². The molecule has 1 aromatic rings. The topological polar surface area (TPSA) is 81.9 Å². The van der Waals surface area contributed by atoms with Crippen LogP contribution in [0.1, 0.15) is 12.5 Å². The predicted molar refractivity (Wildman–Crippen MR) is 82.7 cm³/mol. The molecule has 6 nitrogen and oxygen atoms in total. The van der Waals surface area contributed by atoms with Crippen LogP contribution >= 0.6 is 0 Å². The second-order valence-electron chi connectivity index (χ2n) is 4.93. The number of rotatable bonds is 8. The van der Waals surface area contributed by atoms with E-state index in [-0.39, 0.29) is 17.5 Å². The van der Waals surface area contributed by atoms with Crippen LogP contribution in [0.25, 0.3) is 0 Å². The maximum Gasteiger partial charge on any atom is 0.243 e. The first-order valence-corrected chi connectivity index (χ1v) is 8.14. The van der Waals surface area contributed by atoms with Crippen molar-refractivity contribution in [1.82, 2.24) is 4.31 Å². The molecule has 0 radical (unpaired) electrons. The third kappa shape index (κ3) is 4.41. The first-order chi connectivity index (χ1) is 9.84. The highest BCUT2D eigenvalue weighted by molar-refractivity contribution is 7.89. The first kappa shape index (κ1) is 17.9. The molecule has 120 valence electrons. The van der Waals surface area contributed by atoms with E-state index in [9.17, 15) is 8.42 Å². The lowest BCUT2D eigenvalue weighted by atomic mass is 10.2. The zero-order chi connectivity index (χ0) is 16.0. The summed E-state index contributed by atoms with van der Waals surface area (Å²) >= 11 is 0. The zero-order valence-corrected chi connectivity index (χ0v) is 13.8. The summed E-state index contributed by atoms with van der Waals surface area (Å²) in [4.78, 5) is 0.230. The summed E-state index contributed by atoms with van der Waals surface area (Å²) in [6, 6.07) is 4.44. The number of nitrogens with zero attached hydrogens (tertiary/aromatic N) is 1. The lowest BCUT2D eigenvalue weighted by molar-refractivity contribution is 0.119. The molecule has 0 saturated heterocycles. The molecular weight excluding hydrogens is 292 g/mol. The van der Waals surface area contributed by atoms with Crippen LogP contribution in [0.2, 0.25) is 0 Å². The lowest BCUT2D eigenvalue weighted by Gasteiger charge is -2.28. The van der Waals surface area contributed by atoms with Gasteiger partial charge >= 0.3 is 0 Å². The van der Waals surface area contributed by atoms with Gasteiger partial charge in [0, 0.05) is 32.5 Å². The van der Waals surface area contributed by atoms with E-state index in [0.29, 0.717) is 18.9 Å². The Morgan fingerprint density at radius 1 is 1.29 bits per heavy atom. The van der Waals surface area contributed by atoms with Crippen LogP contribution in [0.5, 0.6) is 0 Å². The Kier molecular flexibility index (Phi) is 6.60. The fourth-order valence-electron chi connectivity index (χ4n) is 2.03. The second kappa shape index (κ2) is 7.74. The second-order valence-corrected chi connectivity index (χ2v) is 6.82. The molecule has 7 heteroatoms. The largest absolute Gasteiger partial charge is 0.399 e. The quantitative estimate of drug-likeness (QED) is 0.730. The highest BCUT2D eigenvalue weighted by Gasteiger charge is 2.29. The Labute approximate surface area is 126 Å². The molecule has 0 bridgehead atoms. The molecule has 0 fully saturated rings. The van der Waals surface area contributed by atoms with Gasteiger partial charge in [0.15, 0.2) is 0 Å². The number of nitrogen functional groups attached to an aromatic ring is 1. The fraction of sp³-hybridized carbons (Fsp3) is 0.571. The summed E-state index contributed by atoms with van der Waals surface area (Å²) in [5.41, 5.74) is 7.06. The SMILES string of the molecule is COCCN(C(C)COC)S(=O)(=O)c1ccc(N)c(C)c1. The molecule has 0 aliphatic carbocycles. The number of nitrogens with two attached hydrogens (primary N) is 1. The minimum absolute atomic E-state index is 0.230. The molecule has 1 aromatic carbocycles. The molecule has 0 amide bonds. The Morgan fingerprint density at radius 3 is 2.48 bits per heavy atom. The van der Waals surface area contributed by atoms with Crippen molar-refractivity contribution in [2.45, 2.75) is 24.8 Å². The molecule has 0 aliphatic rings. The number of ether oxygens (including phenoxy) is 2. The molecule has 21 heavy (non-hydrogen) atoms. The summed E-state index contributed by atoms with van der Waals surface area (Å²) in [5, 5.41) is 0. The van der Waals surface area contributed by atoms with Gasteiger partial charge in [0.25, 0.3) is 0 Å². The van der Waals surface area contributed by atoms with E-state index in [1.165, 1.54) is 10.4 Å². The van der Waals surface area contributed by atoms with Crippen molar-refractivity contribution < 1.29 is 17.9 Å². The monoisotopic (exact) mass is 316 g/mol. The Morgan fingerprint density at radius 2 is 1.95 bits per heavy atom. The Hall–Kier alpha value is -1.15. The van der Waals surface area contributed by atoms with Gasteiger partial charge in [-0.25, -0.2) is 8.42 Å². The number of methoxy groups -OCH3 is 2. The van der Waals surface area contributed by atoms with Gasteiger partial charge in [0.1, 0.15) is 0 Å². The number of anilines is 1. The number of aryl methyl sites for hydroxylation is 1. The maximum atomic E-state index is 12.8. The Bertz CT molecular complexity index is 560. The normalized spacial score (nSPS) is 13.6. The Balaban J connectivity index is 3.15. The summed E-state index contributed by atoms with van der Waals surface area (Å²) in [7, 11) is -0.529. The average molecular weight is 316 g/mol. The van der Waals surface area contributed by atoms with Gasteiger partial charge in [0.05, 0.1) is 18.1 Å². The van der Waals surface area contributed by atoms with Gasteiger partial charge in [0.2, 0.25) is 10.0 Å². The molecule has 1 atom stereocenters. The molecule has 0 heterocycles. The van der Waals surface area contributed by atoms with E-state index in [1.807, 2.05) is 0 Å². The van der Waals surface area contributed by atoms with Crippen LogP contribution in [0, 0.1) is 6.92 Å². The number of benzene rings is 1. The first-order valence-electron chi connectivity index (χ1n) is 6.70. The standard InChI is InChI=1S/C14H24N2O4S/c1-11-9-13(5-6-14(11)15)21(17,18)16(7-8-19-3)12(2)10-20-4/h5-6,9,12H,7-8,10,15H2,1-4H3. The van der Waals surface area contributed by atoms with E-state index in [4.69, 9.17) is 15.2 Å². The van der Waals surface area contributed by atoms with Gasteiger partial charge < -0.3 is 15.2 Å². The van der Waals surface area contributed by atoms with Gasteiger partial charge in [-0.3, -0.25) is 0 Å². The highest BCUT2D eigenvalue weighted by Crippen LogP contribution is 2.22. The molecule has 0 aromatic heterocycles. The number of hydrogen-bond donors (Lipinski definition) is 1. The molecule has 0 saturated carbocycles. The minimum Gasteiger partial charge on any atom is -0.399 e. The van der Waals surface area contributed by atoms with Crippen LogP contribution in [-0.4, -0.2) is 52.7 Å². The van der Waals surface area contributed by atoms with Gasteiger partial charge in [-0.2, -0.15) is 4.31 Å². The molecule has 0 aliphatic heterocycles. The van der Waals surface area contributed by atoms with E-state index < -0.39 is 10.0 Å². The molecule has 2 N–H and O–H groups in total. The van der Waals surface area contributed by atoms with Crippen molar-refractivity contribution in [3.8, 4) is 0 Å². The third-order valence-corrected chi connectivity index (χ3v) is 5.27. The predicted octanol–water partition coefficient (Wildman–Crippen LogP) is 1.25. The van der Waals surface area contributed by atoms with E-state index >= 15 is 0 Å². The summed E-state index contributed by atoms with van der Waals surface area (Å²) in [6.07, 6.45) is 0. The molecule has 1 rings (SSSR count). The highest BCUT2D eigenvalue weighted by atomic mass is 32.2. The van der Waals surface area contributed by atoms with Crippen LogP contribution in [-0.2, 0) is 19.5 Å². The van der Waals surface area contributed by atoms with Gasteiger partial charge in [-0.05, 0) is 37.6 Å². The summed E-state index contributed by atoms with van der Waals surface area (Å²) in [6.45, 7) is 4.50. The van der Waals surface area contributed by atoms with Crippen molar-refractivity contribution in [3.63, 3.8) is 0 Å². The fourth-order valence-corrected chi connectivity index (χ4v) is 3.71. The van der Waals surface area contributed by atoms with Crippen molar-refractivity contribution >= 4 is 15.7 Å². The van der Waals surface area contributed by atoms with E-state index in [0.717, 1.165) is 5.56 Å². The number of hydrogen-bond acceptors (Lipinski definition) is 5. The third-order valence-electron chi connectivity index (χ3n) is 3.26. The zero-order valence-electron chi connectivity index (χ0n) is 13.0. The maximum absolute atomic E-state index is 12.8. The van der Waals surface area contributed by atoms with Crippen LogP contribution in [0.3, 0.4) is 0 Å². The molecule has 0 spiro atoms. The van der Waals surface area contributed by atoms with E-state index in [1.54, 1.807) is 40.2 Å².